The number of anilines is 1. The summed E-state index contributed by atoms with van der Waals surface area (Å²) in [6, 6.07) is 12.3. The summed E-state index contributed by atoms with van der Waals surface area (Å²) in [6.45, 7) is 5.74. The topological polar surface area (TPSA) is 73.9 Å². The van der Waals surface area contributed by atoms with Crippen LogP contribution in [-0.4, -0.2) is 32.2 Å². The zero-order valence-electron chi connectivity index (χ0n) is 16.9. The summed E-state index contributed by atoms with van der Waals surface area (Å²) in [5, 5.41) is 2.86. The van der Waals surface area contributed by atoms with E-state index in [1.807, 2.05) is 24.3 Å². The zero-order valence-corrected chi connectivity index (χ0v) is 16.9. The lowest BCUT2D eigenvalue weighted by molar-refractivity contribution is -0.123. The summed E-state index contributed by atoms with van der Waals surface area (Å²) in [6.07, 6.45) is 0.00192. The monoisotopic (exact) mass is 385 g/mol. The predicted octanol–water partition coefficient (Wildman–Crippen LogP) is 4.40. The Hall–Kier alpha value is -3.02. The lowest BCUT2D eigenvalue weighted by atomic mass is 9.97. The van der Waals surface area contributed by atoms with Crippen molar-refractivity contribution < 1.29 is 23.8 Å². The summed E-state index contributed by atoms with van der Waals surface area (Å²) < 4.78 is 15.7. The van der Waals surface area contributed by atoms with E-state index in [1.54, 1.807) is 19.1 Å². The van der Waals surface area contributed by atoms with Crippen molar-refractivity contribution in [3.63, 3.8) is 0 Å². The first-order valence-corrected chi connectivity index (χ1v) is 9.24. The number of hydrogen-bond donors (Lipinski definition) is 1. The van der Waals surface area contributed by atoms with Crippen molar-refractivity contribution in [1.29, 1.82) is 0 Å². The number of carbonyl (C=O) groups is 2. The minimum absolute atomic E-state index is 0.275. The lowest BCUT2D eigenvalue weighted by Gasteiger charge is -2.18. The standard InChI is InChI=1S/C22H27NO5/c1-6-14(2)17-9-7-8-10-18(17)23-21(24)15(3)28-22(25)16-11-12-19(26-4)20(13-16)27-5/h7-15H,6H2,1-5H3,(H,23,24)/t14-,15+/m1/s1. The van der Waals surface area contributed by atoms with Crippen molar-refractivity contribution in [2.75, 3.05) is 19.5 Å². The van der Waals surface area contributed by atoms with Gasteiger partial charge in [0.2, 0.25) is 0 Å². The number of amides is 1. The highest BCUT2D eigenvalue weighted by atomic mass is 16.5. The molecule has 0 aliphatic carbocycles. The van der Waals surface area contributed by atoms with Gasteiger partial charge in [-0.05, 0) is 49.1 Å². The van der Waals surface area contributed by atoms with Crippen molar-refractivity contribution in [1.82, 2.24) is 0 Å². The van der Waals surface area contributed by atoms with E-state index >= 15 is 0 Å². The van der Waals surface area contributed by atoms with Crippen molar-refractivity contribution >= 4 is 17.6 Å². The van der Waals surface area contributed by atoms with Crippen molar-refractivity contribution in [3.8, 4) is 11.5 Å². The quantitative estimate of drug-likeness (QED) is 0.682. The molecule has 0 saturated carbocycles. The molecule has 0 heterocycles. The van der Waals surface area contributed by atoms with E-state index in [1.165, 1.54) is 20.3 Å². The Kier molecular flexibility index (Phi) is 7.44. The van der Waals surface area contributed by atoms with Crippen LogP contribution in [0.25, 0.3) is 0 Å². The molecule has 2 atom stereocenters. The van der Waals surface area contributed by atoms with Crippen molar-refractivity contribution in [3.05, 3.63) is 53.6 Å². The number of nitrogens with one attached hydrogen (secondary N) is 1. The highest BCUT2D eigenvalue weighted by Crippen LogP contribution is 2.28. The van der Waals surface area contributed by atoms with Crippen LogP contribution in [0.3, 0.4) is 0 Å². The third-order valence-electron chi connectivity index (χ3n) is 4.63. The maximum Gasteiger partial charge on any atom is 0.339 e. The Balaban J connectivity index is 2.08. The molecule has 2 rings (SSSR count). The summed E-state index contributed by atoms with van der Waals surface area (Å²) in [4.78, 5) is 24.9. The normalized spacial score (nSPS) is 12.6. The van der Waals surface area contributed by atoms with E-state index in [2.05, 4.69) is 19.2 Å². The van der Waals surface area contributed by atoms with Crippen molar-refractivity contribution in [2.45, 2.75) is 39.2 Å². The Morgan fingerprint density at radius 2 is 1.68 bits per heavy atom. The number of para-hydroxylation sites is 1. The first-order chi connectivity index (χ1) is 13.4. The first-order valence-electron chi connectivity index (χ1n) is 9.24. The van der Waals surface area contributed by atoms with E-state index in [0.29, 0.717) is 17.4 Å². The molecule has 0 radical (unpaired) electrons. The van der Waals surface area contributed by atoms with Gasteiger partial charge in [0.05, 0.1) is 19.8 Å². The predicted molar refractivity (Wildman–Crippen MR) is 108 cm³/mol. The number of ether oxygens (including phenoxy) is 3. The molecule has 0 aliphatic rings. The van der Waals surface area contributed by atoms with Gasteiger partial charge in [0.15, 0.2) is 17.6 Å². The number of esters is 1. The third kappa shape index (κ3) is 5.03. The largest absolute Gasteiger partial charge is 0.493 e. The minimum Gasteiger partial charge on any atom is -0.493 e. The highest BCUT2D eigenvalue weighted by molar-refractivity contribution is 5.98. The third-order valence-corrected chi connectivity index (χ3v) is 4.63. The Morgan fingerprint density at radius 1 is 1.00 bits per heavy atom. The van der Waals surface area contributed by atoms with Gasteiger partial charge in [-0.3, -0.25) is 4.79 Å². The summed E-state index contributed by atoms with van der Waals surface area (Å²) >= 11 is 0. The summed E-state index contributed by atoms with van der Waals surface area (Å²) in [5.74, 6) is 0.229. The van der Waals surface area contributed by atoms with Gasteiger partial charge in [0, 0.05) is 5.69 Å². The van der Waals surface area contributed by atoms with Crippen LogP contribution >= 0.6 is 0 Å². The number of benzene rings is 2. The average Bonchev–Trinajstić information content (AvgIpc) is 2.72. The maximum absolute atomic E-state index is 12.5. The smallest absolute Gasteiger partial charge is 0.339 e. The fourth-order valence-corrected chi connectivity index (χ4v) is 2.74. The Bertz CT molecular complexity index is 833. The second-order valence-corrected chi connectivity index (χ2v) is 6.50. The van der Waals surface area contributed by atoms with E-state index in [-0.39, 0.29) is 11.5 Å². The van der Waals surface area contributed by atoms with Crippen LogP contribution in [0.5, 0.6) is 11.5 Å². The number of methoxy groups -OCH3 is 2. The van der Waals surface area contributed by atoms with Gasteiger partial charge < -0.3 is 19.5 Å². The number of rotatable bonds is 8. The molecule has 0 unspecified atom stereocenters. The first kappa shape index (κ1) is 21.3. The molecular weight excluding hydrogens is 358 g/mol. The van der Waals surface area contributed by atoms with Crippen LogP contribution in [0.2, 0.25) is 0 Å². The molecule has 1 amide bonds. The van der Waals surface area contributed by atoms with Crippen molar-refractivity contribution in [2.24, 2.45) is 0 Å². The van der Waals surface area contributed by atoms with Gasteiger partial charge in [0.1, 0.15) is 0 Å². The van der Waals surface area contributed by atoms with Crippen LogP contribution < -0.4 is 14.8 Å². The van der Waals surface area contributed by atoms with Gasteiger partial charge in [-0.15, -0.1) is 0 Å². The van der Waals surface area contributed by atoms with Gasteiger partial charge in [-0.2, -0.15) is 0 Å². The molecular formula is C22H27NO5. The minimum atomic E-state index is -0.953. The van der Waals surface area contributed by atoms with E-state index in [0.717, 1.165) is 17.7 Å². The van der Waals surface area contributed by atoms with Gasteiger partial charge in [-0.1, -0.05) is 32.0 Å². The highest BCUT2D eigenvalue weighted by Gasteiger charge is 2.21. The molecule has 0 fully saturated rings. The van der Waals surface area contributed by atoms with Gasteiger partial charge >= 0.3 is 5.97 Å². The van der Waals surface area contributed by atoms with Crippen LogP contribution in [0, 0.1) is 0 Å². The summed E-state index contributed by atoms with van der Waals surface area (Å²) in [5.41, 5.74) is 2.06. The molecule has 1 N–H and O–H groups in total. The molecule has 0 aliphatic heterocycles. The van der Waals surface area contributed by atoms with Crippen LogP contribution in [-0.2, 0) is 9.53 Å². The maximum atomic E-state index is 12.5. The molecule has 0 spiro atoms. The molecule has 6 heteroatoms. The molecule has 150 valence electrons. The Labute approximate surface area is 165 Å². The Morgan fingerprint density at radius 3 is 2.32 bits per heavy atom. The molecule has 28 heavy (non-hydrogen) atoms. The fraction of sp³-hybridized carbons (Fsp3) is 0.364. The van der Waals surface area contributed by atoms with E-state index in [9.17, 15) is 9.59 Å². The second-order valence-electron chi connectivity index (χ2n) is 6.50. The van der Waals surface area contributed by atoms with E-state index < -0.39 is 12.1 Å². The van der Waals surface area contributed by atoms with Crippen LogP contribution in [0.4, 0.5) is 5.69 Å². The van der Waals surface area contributed by atoms with Crippen LogP contribution in [0.15, 0.2) is 42.5 Å². The molecule has 6 nitrogen and oxygen atoms in total. The number of carbonyl (C=O) groups excluding carboxylic acids is 2. The number of hydrogen-bond acceptors (Lipinski definition) is 5. The van der Waals surface area contributed by atoms with E-state index in [4.69, 9.17) is 14.2 Å². The van der Waals surface area contributed by atoms with Gasteiger partial charge in [-0.25, -0.2) is 4.79 Å². The lowest BCUT2D eigenvalue weighted by Crippen LogP contribution is -2.30. The zero-order chi connectivity index (χ0) is 20.7. The van der Waals surface area contributed by atoms with Crippen LogP contribution in [0.1, 0.15) is 49.0 Å². The fourth-order valence-electron chi connectivity index (χ4n) is 2.74. The molecule has 0 aromatic heterocycles. The van der Waals surface area contributed by atoms with Gasteiger partial charge in [0.25, 0.3) is 5.91 Å². The molecule has 2 aromatic rings. The average molecular weight is 385 g/mol. The SMILES string of the molecule is CC[C@@H](C)c1ccccc1NC(=O)[C@H](C)OC(=O)c1ccc(OC)c(OC)c1. The molecule has 0 bridgehead atoms. The second kappa shape index (κ2) is 9.78. The molecule has 2 aromatic carbocycles. The molecule has 0 saturated heterocycles. The summed E-state index contributed by atoms with van der Waals surface area (Å²) in [7, 11) is 3.00.